The number of carbonyl (C=O) groups is 1. The summed E-state index contributed by atoms with van der Waals surface area (Å²) in [6.45, 7) is 5.28. The van der Waals surface area contributed by atoms with Crippen LogP contribution in [0.3, 0.4) is 0 Å². The first-order valence-corrected chi connectivity index (χ1v) is 6.47. The van der Waals surface area contributed by atoms with Crippen LogP contribution in [0.15, 0.2) is 0 Å². The molecule has 1 saturated carbocycles. The molecule has 0 radical (unpaired) electrons. The predicted octanol–water partition coefficient (Wildman–Crippen LogP) is -0.565. The zero-order valence-electron chi connectivity index (χ0n) is 11.3. The molecule has 110 valence electrons. The summed E-state index contributed by atoms with van der Waals surface area (Å²) in [6.07, 6.45) is -4.57. The van der Waals surface area contributed by atoms with Gasteiger partial charge in [0.05, 0.1) is 24.9 Å². The Morgan fingerprint density at radius 2 is 2.00 bits per heavy atom. The molecule has 0 bridgehead atoms. The minimum atomic E-state index is -1.30. The van der Waals surface area contributed by atoms with Gasteiger partial charge >= 0.3 is 6.09 Å². The Morgan fingerprint density at radius 3 is 2.58 bits per heavy atom. The van der Waals surface area contributed by atoms with Crippen LogP contribution >= 0.6 is 0 Å². The number of nitrogens with zero attached hydrogens (tertiary/aromatic N) is 1. The second-order valence-corrected chi connectivity index (χ2v) is 5.45. The van der Waals surface area contributed by atoms with Gasteiger partial charge in [0.25, 0.3) is 0 Å². The van der Waals surface area contributed by atoms with Crippen molar-refractivity contribution in [3.63, 3.8) is 0 Å². The summed E-state index contributed by atoms with van der Waals surface area (Å²) in [5.74, 6) is 0. The van der Waals surface area contributed by atoms with E-state index < -0.39 is 42.3 Å². The van der Waals surface area contributed by atoms with Crippen LogP contribution in [0.1, 0.15) is 27.2 Å². The molecule has 0 spiro atoms. The Morgan fingerprint density at radius 1 is 1.37 bits per heavy atom. The van der Waals surface area contributed by atoms with Gasteiger partial charge in [-0.25, -0.2) is 4.79 Å². The van der Waals surface area contributed by atoms with Crippen molar-refractivity contribution in [2.45, 2.75) is 63.4 Å². The largest absolute Gasteiger partial charge is 0.450 e. The molecule has 1 heterocycles. The Labute approximate surface area is 111 Å². The van der Waals surface area contributed by atoms with Crippen molar-refractivity contribution >= 4 is 6.09 Å². The van der Waals surface area contributed by atoms with E-state index >= 15 is 0 Å². The molecular formula is C12H21NO6. The van der Waals surface area contributed by atoms with Gasteiger partial charge in [0.15, 0.2) is 0 Å². The SMILES string of the molecule is CCOC(=O)N1[C@@H]2[C@@H](O)[C@H](O)[C@H](O)C[C@@H]2OC1(C)C. The zero-order chi connectivity index (χ0) is 14.4. The number of hydrogen-bond acceptors (Lipinski definition) is 6. The number of hydrogen-bond donors (Lipinski definition) is 3. The molecule has 1 aliphatic carbocycles. The maximum absolute atomic E-state index is 12.0. The van der Waals surface area contributed by atoms with Gasteiger partial charge in [-0.15, -0.1) is 0 Å². The zero-order valence-corrected chi connectivity index (χ0v) is 11.3. The molecule has 0 unspecified atom stereocenters. The summed E-state index contributed by atoms with van der Waals surface area (Å²) < 4.78 is 10.7. The molecule has 19 heavy (non-hydrogen) atoms. The van der Waals surface area contributed by atoms with Gasteiger partial charge < -0.3 is 24.8 Å². The number of carbonyl (C=O) groups excluding carboxylic acids is 1. The Balaban J connectivity index is 2.28. The summed E-state index contributed by atoms with van der Waals surface area (Å²) in [4.78, 5) is 13.3. The topological polar surface area (TPSA) is 99.5 Å². The molecule has 0 aromatic carbocycles. The smallest absolute Gasteiger partial charge is 0.412 e. The Kier molecular flexibility index (Phi) is 3.74. The maximum atomic E-state index is 12.0. The van der Waals surface area contributed by atoms with Crippen molar-refractivity contribution < 1.29 is 29.6 Å². The monoisotopic (exact) mass is 275 g/mol. The summed E-state index contributed by atoms with van der Waals surface area (Å²) in [7, 11) is 0. The Hall–Kier alpha value is -0.890. The van der Waals surface area contributed by atoms with E-state index in [2.05, 4.69) is 0 Å². The lowest BCUT2D eigenvalue weighted by atomic mass is 9.85. The number of rotatable bonds is 1. The van der Waals surface area contributed by atoms with Crippen LogP contribution in [0.5, 0.6) is 0 Å². The van der Waals surface area contributed by atoms with Crippen LogP contribution in [0.4, 0.5) is 4.79 Å². The molecule has 5 atom stereocenters. The molecule has 0 aromatic heterocycles. The predicted molar refractivity (Wildman–Crippen MR) is 64.2 cm³/mol. The highest BCUT2D eigenvalue weighted by Gasteiger charge is 2.58. The van der Waals surface area contributed by atoms with Crippen LogP contribution in [-0.4, -0.2) is 69.1 Å². The normalized spacial score (nSPS) is 40.9. The number of ether oxygens (including phenoxy) is 2. The van der Waals surface area contributed by atoms with Crippen LogP contribution in [0.25, 0.3) is 0 Å². The van der Waals surface area contributed by atoms with E-state index in [1.807, 2.05) is 0 Å². The molecule has 1 amide bonds. The van der Waals surface area contributed by atoms with E-state index in [-0.39, 0.29) is 13.0 Å². The first-order chi connectivity index (χ1) is 8.79. The minimum absolute atomic E-state index is 0.169. The fourth-order valence-electron chi connectivity index (χ4n) is 2.92. The first kappa shape index (κ1) is 14.5. The van der Waals surface area contributed by atoms with Gasteiger partial charge in [0, 0.05) is 6.42 Å². The molecule has 2 aliphatic rings. The average molecular weight is 275 g/mol. The number of amides is 1. The first-order valence-electron chi connectivity index (χ1n) is 6.47. The molecule has 3 N–H and O–H groups in total. The third-order valence-corrected chi connectivity index (χ3v) is 3.73. The lowest BCUT2D eigenvalue weighted by Gasteiger charge is -2.39. The van der Waals surface area contributed by atoms with E-state index in [1.165, 1.54) is 4.90 Å². The summed E-state index contributed by atoms with van der Waals surface area (Å²) >= 11 is 0. The van der Waals surface area contributed by atoms with Crippen molar-refractivity contribution in [2.75, 3.05) is 6.61 Å². The molecular weight excluding hydrogens is 254 g/mol. The third-order valence-electron chi connectivity index (χ3n) is 3.73. The maximum Gasteiger partial charge on any atom is 0.412 e. The summed E-state index contributed by atoms with van der Waals surface area (Å²) in [5, 5.41) is 29.5. The van der Waals surface area contributed by atoms with Crippen molar-refractivity contribution in [1.82, 2.24) is 4.90 Å². The fourth-order valence-corrected chi connectivity index (χ4v) is 2.92. The van der Waals surface area contributed by atoms with Crippen molar-refractivity contribution in [2.24, 2.45) is 0 Å². The second-order valence-electron chi connectivity index (χ2n) is 5.45. The van der Waals surface area contributed by atoms with Gasteiger partial charge in [0.1, 0.15) is 17.9 Å². The van der Waals surface area contributed by atoms with Gasteiger partial charge in [-0.3, -0.25) is 4.90 Å². The second kappa shape index (κ2) is 4.90. The highest BCUT2D eigenvalue weighted by Crippen LogP contribution is 2.40. The van der Waals surface area contributed by atoms with E-state index in [0.29, 0.717) is 0 Å². The molecule has 0 aromatic rings. The van der Waals surface area contributed by atoms with Gasteiger partial charge in [-0.2, -0.15) is 0 Å². The standard InChI is InChI=1S/C12H21NO6/c1-4-18-11(17)13-8-7(19-12(13,2)3)5-6(14)9(15)10(8)16/h6-10,14-16H,4-5H2,1-3H3/t6-,7+,8+,9-,10-/m1/s1. The minimum Gasteiger partial charge on any atom is -0.450 e. The van der Waals surface area contributed by atoms with Crippen LogP contribution in [-0.2, 0) is 9.47 Å². The number of fused-ring (bicyclic) bond motifs is 1. The van der Waals surface area contributed by atoms with E-state index in [9.17, 15) is 20.1 Å². The van der Waals surface area contributed by atoms with E-state index in [1.54, 1.807) is 20.8 Å². The van der Waals surface area contributed by atoms with Crippen LogP contribution in [0.2, 0.25) is 0 Å². The summed E-state index contributed by atoms with van der Waals surface area (Å²) in [6, 6.07) is -0.715. The molecule has 7 heteroatoms. The average Bonchev–Trinajstić information content (AvgIpc) is 2.57. The summed E-state index contributed by atoms with van der Waals surface area (Å²) in [5.41, 5.74) is -0.952. The number of aliphatic hydroxyl groups excluding tert-OH is 3. The highest BCUT2D eigenvalue weighted by molar-refractivity contribution is 5.69. The lowest BCUT2D eigenvalue weighted by molar-refractivity contribution is -0.130. The van der Waals surface area contributed by atoms with Crippen LogP contribution in [0, 0.1) is 0 Å². The molecule has 7 nitrogen and oxygen atoms in total. The highest BCUT2D eigenvalue weighted by atomic mass is 16.6. The lowest BCUT2D eigenvalue weighted by Crippen LogP contribution is -2.61. The molecule has 2 fully saturated rings. The van der Waals surface area contributed by atoms with Gasteiger partial charge in [-0.05, 0) is 20.8 Å². The Bertz CT molecular complexity index is 360. The molecule has 1 aliphatic heterocycles. The van der Waals surface area contributed by atoms with Crippen LogP contribution < -0.4 is 0 Å². The fraction of sp³-hybridized carbons (Fsp3) is 0.917. The van der Waals surface area contributed by atoms with Crippen molar-refractivity contribution in [3.8, 4) is 0 Å². The number of aliphatic hydroxyl groups is 3. The third kappa shape index (κ3) is 2.31. The molecule has 1 saturated heterocycles. The van der Waals surface area contributed by atoms with E-state index in [0.717, 1.165) is 0 Å². The van der Waals surface area contributed by atoms with Crippen molar-refractivity contribution in [3.05, 3.63) is 0 Å². The quantitative estimate of drug-likeness (QED) is 0.593. The van der Waals surface area contributed by atoms with Gasteiger partial charge in [0.2, 0.25) is 0 Å². The van der Waals surface area contributed by atoms with Crippen molar-refractivity contribution in [1.29, 1.82) is 0 Å². The van der Waals surface area contributed by atoms with E-state index in [4.69, 9.17) is 9.47 Å². The molecule has 2 rings (SSSR count). The van der Waals surface area contributed by atoms with Gasteiger partial charge in [-0.1, -0.05) is 0 Å².